The normalized spacial score (nSPS) is 15.0. The minimum atomic E-state index is 0.303. The van der Waals surface area contributed by atoms with E-state index in [0.29, 0.717) is 12.1 Å². The summed E-state index contributed by atoms with van der Waals surface area (Å²) < 4.78 is 5.75. The van der Waals surface area contributed by atoms with E-state index >= 15 is 0 Å². The molecule has 16 heavy (non-hydrogen) atoms. The first-order chi connectivity index (χ1) is 7.71. The molecule has 1 heterocycles. The summed E-state index contributed by atoms with van der Waals surface area (Å²) in [6.07, 6.45) is 4.28. The summed E-state index contributed by atoms with van der Waals surface area (Å²) >= 11 is 1.89. The van der Waals surface area contributed by atoms with Crippen LogP contribution in [-0.4, -0.2) is 18.1 Å². The van der Waals surface area contributed by atoms with Gasteiger partial charge in [-0.05, 0) is 31.7 Å². The van der Waals surface area contributed by atoms with Crippen molar-refractivity contribution in [3.05, 3.63) is 23.7 Å². The standard InChI is InChI=1S/C13H23NOS/c1-5-11(9-16-4)14-10(3)13-8-7-12(6-2)15-13/h7-8,10-11,14H,5-6,9H2,1-4H3. The number of nitrogens with one attached hydrogen (secondary N) is 1. The van der Waals surface area contributed by atoms with Crippen molar-refractivity contribution in [2.75, 3.05) is 12.0 Å². The van der Waals surface area contributed by atoms with Gasteiger partial charge >= 0.3 is 0 Å². The predicted molar refractivity (Wildman–Crippen MR) is 72.1 cm³/mol. The minimum Gasteiger partial charge on any atom is -0.464 e. The van der Waals surface area contributed by atoms with E-state index in [9.17, 15) is 0 Å². The fraction of sp³-hybridized carbons (Fsp3) is 0.692. The Balaban J connectivity index is 2.52. The summed E-state index contributed by atoms with van der Waals surface area (Å²) in [4.78, 5) is 0. The van der Waals surface area contributed by atoms with E-state index in [2.05, 4.69) is 44.5 Å². The molecule has 0 saturated heterocycles. The van der Waals surface area contributed by atoms with Crippen LogP contribution >= 0.6 is 11.8 Å². The molecule has 0 aliphatic heterocycles. The summed E-state index contributed by atoms with van der Waals surface area (Å²) in [5, 5.41) is 3.61. The molecule has 0 amide bonds. The fourth-order valence-corrected chi connectivity index (χ4v) is 2.47. The number of rotatable bonds is 7. The molecule has 1 N–H and O–H groups in total. The largest absolute Gasteiger partial charge is 0.464 e. The van der Waals surface area contributed by atoms with Crippen LogP contribution in [0.4, 0.5) is 0 Å². The number of furan rings is 1. The molecular formula is C13H23NOS. The van der Waals surface area contributed by atoms with E-state index in [0.717, 1.165) is 30.1 Å². The molecule has 0 spiro atoms. The first-order valence-corrected chi connectivity index (χ1v) is 7.44. The quantitative estimate of drug-likeness (QED) is 0.789. The Kier molecular flexibility index (Phi) is 5.99. The molecule has 3 heteroatoms. The van der Waals surface area contributed by atoms with Gasteiger partial charge in [-0.25, -0.2) is 0 Å². The van der Waals surface area contributed by atoms with Crippen LogP contribution in [0.25, 0.3) is 0 Å². The topological polar surface area (TPSA) is 25.2 Å². The summed E-state index contributed by atoms with van der Waals surface area (Å²) in [6, 6.07) is 5.03. The van der Waals surface area contributed by atoms with Crippen LogP contribution in [0.1, 0.15) is 44.8 Å². The number of aryl methyl sites for hydroxylation is 1. The zero-order valence-corrected chi connectivity index (χ0v) is 11.6. The molecule has 0 saturated carbocycles. The van der Waals surface area contributed by atoms with Gasteiger partial charge in [0.05, 0.1) is 6.04 Å². The van der Waals surface area contributed by atoms with Gasteiger partial charge in [0.2, 0.25) is 0 Å². The minimum absolute atomic E-state index is 0.303. The maximum absolute atomic E-state index is 5.75. The molecule has 92 valence electrons. The second-order valence-corrected chi connectivity index (χ2v) is 5.02. The third kappa shape index (κ3) is 3.87. The molecule has 0 aromatic carbocycles. The van der Waals surface area contributed by atoms with Crippen molar-refractivity contribution >= 4 is 11.8 Å². The molecule has 0 aliphatic rings. The third-order valence-electron chi connectivity index (χ3n) is 2.80. The molecule has 2 unspecified atom stereocenters. The Morgan fingerprint density at radius 1 is 1.38 bits per heavy atom. The SMILES string of the molecule is CCc1ccc(C(C)NC(CC)CSC)o1. The highest BCUT2D eigenvalue weighted by molar-refractivity contribution is 7.98. The van der Waals surface area contributed by atoms with E-state index in [4.69, 9.17) is 4.42 Å². The highest BCUT2D eigenvalue weighted by Gasteiger charge is 2.14. The average Bonchev–Trinajstić information content (AvgIpc) is 2.76. The van der Waals surface area contributed by atoms with Crippen molar-refractivity contribution in [2.24, 2.45) is 0 Å². The Bertz CT molecular complexity index is 298. The molecule has 0 bridgehead atoms. The Morgan fingerprint density at radius 2 is 2.12 bits per heavy atom. The fourth-order valence-electron chi connectivity index (χ4n) is 1.74. The average molecular weight is 241 g/mol. The molecule has 2 atom stereocenters. The van der Waals surface area contributed by atoms with Crippen molar-refractivity contribution in [3.8, 4) is 0 Å². The van der Waals surface area contributed by atoms with Gasteiger partial charge < -0.3 is 9.73 Å². The summed E-state index contributed by atoms with van der Waals surface area (Å²) in [5.74, 6) is 3.28. The van der Waals surface area contributed by atoms with Gasteiger partial charge in [0.15, 0.2) is 0 Å². The van der Waals surface area contributed by atoms with Gasteiger partial charge in [0.25, 0.3) is 0 Å². The maximum atomic E-state index is 5.75. The Hall–Kier alpha value is -0.410. The van der Waals surface area contributed by atoms with E-state index in [-0.39, 0.29) is 0 Å². The lowest BCUT2D eigenvalue weighted by molar-refractivity contribution is 0.382. The predicted octanol–water partition coefficient (Wildman–Crippen LogP) is 3.63. The van der Waals surface area contributed by atoms with Crippen molar-refractivity contribution in [1.82, 2.24) is 5.32 Å². The highest BCUT2D eigenvalue weighted by atomic mass is 32.2. The number of thioether (sulfide) groups is 1. The van der Waals surface area contributed by atoms with Gasteiger partial charge in [-0.2, -0.15) is 11.8 Å². The molecule has 0 aliphatic carbocycles. The summed E-state index contributed by atoms with van der Waals surface area (Å²) in [5.41, 5.74) is 0. The van der Waals surface area contributed by atoms with Crippen LogP contribution in [0.15, 0.2) is 16.5 Å². The van der Waals surface area contributed by atoms with Crippen LogP contribution in [0.3, 0.4) is 0 Å². The third-order valence-corrected chi connectivity index (χ3v) is 3.54. The van der Waals surface area contributed by atoms with Gasteiger partial charge in [-0.15, -0.1) is 0 Å². The number of hydrogen-bond acceptors (Lipinski definition) is 3. The Morgan fingerprint density at radius 3 is 2.62 bits per heavy atom. The van der Waals surface area contributed by atoms with Crippen LogP contribution < -0.4 is 5.32 Å². The van der Waals surface area contributed by atoms with Crippen LogP contribution in [0.5, 0.6) is 0 Å². The lowest BCUT2D eigenvalue weighted by Crippen LogP contribution is -2.32. The molecular weight excluding hydrogens is 218 g/mol. The lowest BCUT2D eigenvalue weighted by Gasteiger charge is -2.20. The van der Waals surface area contributed by atoms with Gasteiger partial charge in [0, 0.05) is 18.2 Å². The van der Waals surface area contributed by atoms with Gasteiger partial charge in [-0.1, -0.05) is 13.8 Å². The second kappa shape index (κ2) is 7.02. The lowest BCUT2D eigenvalue weighted by atomic mass is 10.2. The first kappa shape index (κ1) is 13.7. The maximum Gasteiger partial charge on any atom is 0.120 e. The monoisotopic (exact) mass is 241 g/mol. The van der Waals surface area contributed by atoms with Crippen LogP contribution in [0.2, 0.25) is 0 Å². The number of hydrogen-bond donors (Lipinski definition) is 1. The van der Waals surface area contributed by atoms with Crippen LogP contribution in [0, 0.1) is 0 Å². The molecule has 1 aromatic heterocycles. The van der Waals surface area contributed by atoms with Crippen molar-refractivity contribution in [2.45, 2.75) is 45.7 Å². The van der Waals surface area contributed by atoms with Crippen molar-refractivity contribution < 1.29 is 4.42 Å². The summed E-state index contributed by atoms with van der Waals surface area (Å²) in [6.45, 7) is 6.50. The molecule has 1 rings (SSSR count). The zero-order valence-electron chi connectivity index (χ0n) is 10.7. The summed E-state index contributed by atoms with van der Waals surface area (Å²) in [7, 11) is 0. The molecule has 0 radical (unpaired) electrons. The van der Waals surface area contributed by atoms with Crippen molar-refractivity contribution in [3.63, 3.8) is 0 Å². The Labute approximate surface area is 103 Å². The zero-order chi connectivity index (χ0) is 12.0. The smallest absolute Gasteiger partial charge is 0.120 e. The van der Waals surface area contributed by atoms with Crippen molar-refractivity contribution in [1.29, 1.82) is 0 Å². The van der Waals surface area contributed by atoms with Gasteiger partial charge in [-0.3, -0.25) is 0 Å². The molecule has 0 fully saturated rings. The molecule has 1 aromatic rings. The van der Waals surface area contributed by atoms with Gasteiger partial charge in [0.1, 0.15) is 11.5 Å². The van der Waals surface area contributed by atoms with E-state index in [1.165, 1.54) is 0 Å². The second-order valence-electron chi connectivity index (χ2n) is 4.11. The molecule has 2 nitrogen and oxygen atoms in total. The first-order valence-electron chi connectivity index (χ1n) is 6.04. The van der Waals surface area contributed by atoms with E-state index in [1.807, 2.05) is 11.8 Å². The highest BCUT2D eigenvalue weighted by Crippen LogP contribution is 2.18. The van der Waals surface area contributed by atoms with E-state index < -0.39 is 0 Å². The van der Waals surface area contributed by atoms with E-state index in [1.54, 1.807) is 0 Å². The van der Waals surface area contributed by atoms with Crippen LogP contribution in [-0.2, 0) is 6.42 Å².